The number of benzene rings is 2. The minimum atomic E-state index is -1.01. The molecule has 0 bridgehead atoms. The van der Waals surface area contributed by atoms with Crippen LogP contribution in [0.4, 0.5) is 11.4 Å². The number of carbonyl (C=O) groups is 2. The van der Waals surface area contributed by atoms with Crippen LogP contribution in [0.1, 0.15) is 11.1 Å². The van der Waals surface area contributed by atoms with Crippen LogP contribution in [0.25, 0.3) is 0 Å². The van der Waals surface area contributed by atoms with Crippen molar-refractivity contribution in [3.8, 4) is 0 Å². The average Bonchev–Trinajstić information content (AvgIpc) is 2.59. The molecular weight excluding hydrogens is 383 g/mol. The van der Waals surface area contributed by atoms with Crippen LogP contribution in [0, 0.1) is 17.0 Å². The smallest absolute Gasteiger partial charge is 0.318 e. The van der Waals surface area contributed by atoms with Gasteiger partial charge in [0.15, 0.2) is 0 Å². The van der Waals surface area contributed by atoms with Gasteiger partial charge in [-0.05, 0) is 30.7 Å². The number of rotatable bonds is 4. The Morgan fingerprint density at radius 3 is 2.50 bits per heavy atom. The number of anilines is 1. The number of carbonyl (C=O) groups excluding carboxylic acids is 2. The van der Waals surface area contributed by atoms with E-state index >= 15 is 0 Å². The number of hydrazone groups is 1. The fourth-order valence-corrected chi connectivity index (χ4v) is 2.19. The molecule has 2 N–H and O–H groups in total. The van der Waals surface area contributed by atoms with Gasteiger partial charge in [-0.1, -0.05) is 35.3 Å². The number of amides is 2. The van der Waals surface area contributed by atoms with Crippen LogP contribution in [-0.2, 0) is 9.59 Å². The number of nitro benzene ring substituents is 1. The number of aryl methyl sites for hydroxylation is 1. The fourth-order valence-electron chi connectivity index (χ4n) is 1.82. The first-order chi connectivity index (χ1) is 12.3. The lowest BCUT2D eigenvalue weighted by atomic mass is 10.2. The summed E-state index contributed by atoms with van der Waals surface area (Å²) in [5, 5.41) is 17.2. The third-order valence-corrected chi connectivity index (χ3v) is 3.91. The number of nitrogens with one attached hydrogen (secondary N) is 2. The third-order valence-electron chi connectivity index (χ3n) is 3.18. The highest BCUT2D eigenvalue weighted by Crippen LogP contribution is 2.24. The molecule has 0 saturated carbocycles. The zero-order valence-electron chi connectivity index (χ0n) is 13.3. The monoisotopic (exact) mass is 394 g/mol. The first kappa shape index (κ1) is 19.4. The molecule has 26 heavy (non-hydrogen) atoms. The number of nitro groups is 1. The summed E-state index contributed by atoms with van der Waals surface area (Å²) < 4.78 is 0. The Kier molecular flexibility index (Phi) is 6.26. The van der Waals surface area contributed by atoms with Crippen molar-refractivity contribution in [2.75, 3.05) is 5.32 Å². The molecule has 2 amide bonds. The van der Waals surface area contributed by atoms with Crippen LogP contribution in [-0.4, -0.2) is 23.0 Å². The number of halogens is 2. The van der Waals surface area contributed by atoms with Crippen molar-refractivity contribution < 1.29 is 14.5 Å². The summed E-state index contributed by atoms with van der Waals surface area (Å²) in [4.78, 5) is 33.7. The minimum absolute atomic E-state index is 0.0210. The molecular formula is C16H12Cl2N4O4. The lowest BCUT2D eigenvalue weighted by Gasteiger charge is -2.05. The molecule has 0 saturated heterocycles. The van der Waals surface area contributed by atoms with Crippen molar-refractivity contribution in [1.29, 1.82) is 0 Å². The Balaban J connectivity index is 1.98. The second kappa shape index (κ2) is 8.41. The van der Waals surface area contributed by atoms with E-state index in [9.17, 15) is 19.7 Å². The molecule has 0 spiro atoms. The second-order valence-corrected chi connectivity index (χ2v) is 5.90. The van der Waals surface area contributed by atoms with Crippen LogP contribution in [0.5, 0.6) is 0 Å². The predicted octanol–water partition coefficient (Wildman–Crippen LogP) is 3.30. The maximum Gasteiger partial charge on any atom is 0.329 e. The lowest BCUT2D eigenvalue weighted by Crippen LogP contribution is -2.32. The standard InChI is InChI=1S/C16H12Cl2N4O4/c1-9-2-4-11(7-13(9)18)20-15(23)16(24)21-19-8-10-3-5-12(17)14(6-10)22(25)26/h2-8H,1H3,(H,20,23)(H,21,24)/b19-8-. The molecule has 0 atom stereocenters. The summed E-state index contributed by atoms with van der Waals surface area (Å²) in [6, 6.07) is 8.80. The molecule has 0 heterocycles. The molecule has 10 heteroatoms. The van der Waals surface area contributed by atoms with Crippen LogP contribution in [0.3, 0.4) is 0 Å². The second-order valence-electron chi connectivity index (χ2n) is 5.09. The maximum atomic E-state index is 11.8. The molecule has 0 unspecified atom stereocenters. The normalized spacial score (nSPS) is 10.6. The highest BCUT2D eigenvalue weighted by Gasteiger charge is 2.14. The third kappa shape index (κ3) is 5.01. The van der Waals surface area contributed by atoms with E-state index in [-0.39, 0.29) is 10.7 Å². The van der Waals surface area contributed by atoms with Gasteiger partial charge in [0.1, 0.15) is 5.02 Å². The Morgan fingerprint density at radius 2 is 1.85 bits per heavy atom. The molecule has 2 aromatic carbocycles. The highest BCUT2D eigenvalue weighted by molar-refractivity contribution is 6.40. The van der Waals surface area contributed by atoms with Gasteiger partial charge in [0.25, 0.3) is 5.69 Å². The molecule has 0 aromatic heterocycles. The zero-order valence-corrected chi connectivity index (χ0v) is 14.8. The van der Waals surface area contributed by atoms with Gasteiger partial charge in [-0.3, -0.25) is 19.7 Å². The average molecular weight is 395 g/mol. The molecule has 0 radical (unpaired) electrons. The SMILES string of the molecule is Cc1ccc(NC(=O)C(=O)N/N=C\c2ccc(Cl)c([N+](=O)[O-])c2)cc1Cl. The van der Waals surface area contributed by atoms with E-state index < -0.39 is 16.7 Å². The fraction of sp³-hybridized carbons (Fsp3) is 0.0625. The Bertz CT molecular complexity index is 915. The molecule has 2 rings (SSSR count). The van der Waals surface area contributed by atoms with E-state index in [1.807, 2.05) is 5.43 Å². The van der Waals surface area contributed by atoms with E-state index in [1.165, 1.54) is 24.3 Å². The van der Waals surface area contributed by atoms with Gasteiger partial charge in [-0.25, -0.2) is 5.43 Å². The molecule has 2 aromatic rings. The van der Waals surface area contributed by atoms with Crippen LogP contribution in [0.2, 0.25) is 10.0 Å². The first-order valence-corrected chi connectivity index (χ1v) is 7.88. The van der Waals surface area contributed by atoms with Crippen molar-refractivity contribution >= 4 is 52.6 Å². The molecule has 0 aliphatic carbocycles. The summed E-state index contributed by atoms with van der Waals surface area (Å²) in [6.07, 6.45) is 1.15. The van der Waals surface area contributed by atoms with E-state index in [0.717, 1.165) is 11.8 Å². The van der Waals surface area contributed by atoms with Crippen LogP contribution >= 0.6 is 23.2 Å². The summed E-state index contributed by atoms with van der Waals surface area (Å²) in [7, 11) is 0. The van der Waals surface area contributed by atoms with Gasteiger partial charge in [0.05, 0.1) is 11.1 Å². The molecule has 8 nitrogen and oxygen atoms in total. The number of hydrogen-bond donors (Lipinski definition) is 2. The van der Waals surface area contributed by atoms with Crippen molar-refractivity contribution in [3.63, 3.8) is 0 Å². The topological polar surface area (TPSA) is 114 Å². The van der Waals surface area contributed by atoms with Gasteiger partial charge in [-0.15, -0.1) is 0 Å². The molecule has 0 fully saturated rings. The van der Waals surface area contributed by atoms with Crippen LogP contribution < -0.4 is 10.7 Å². The van der Waals surface area contributed by atoms with Gasteiger partial charge in [0.2, 0.25) is 0 Å². The van der Waals surface area contributed by atoms with Crippen molar-refractivity contribution in [1.82, 2.24) is 5.43 Å². The van der Waals surface area contributed by atoms with E-state index in [1.54, 1.807) is 19.1 Å². The molecule has 0 aliphatic rings. The van der Waals surface area contributed by atoms with Crippen molar-refractivity contribution in [2.45, 2.75) is 6.92 Å². The summed E-state index contributed by atoms with van der Waals surface area (Å²) in [6.45, 7) is 1.80. The van der Waals surface area contributed by atoms with E-state index in [2.05, 4.69) is 10.4 Å². The van der Waals surface area contributed by atoms with Crippen LogP contribution in [0.15, 0.2) is 41.5 Å². The quantitative estimate of drug-likeness (QED) is 0.358. The van der Waals surface area contributed by atoms with Gasteiger partial charge >= 0.3 is 11.8 Å². The Hall–Kier alpha value is -2.97. The summed E-state index contributed by atoms with van der Waals surface area (Å²) in [5.74, 6) is -1.95. The van der Waals surface area contributed by atoms with E-state index in [0.29, 0.717) is 16.3 Å². The number of nitrogens with zero attached hydrogens (tertiary/aromatic N) is 2. The lowest BCUT2D eigenvalue weighted by molar-refractivity contribution is -0.384. The largest absolute Gasteiger partial charge is 0.329 e. The molecule has 134 valence electrons. The first-order valence-electron chi connectivity index (χ1n) is 7.12. The van der Waals surface area contributed by atoms with E-state index in [4.69, 9.17) is 23.2 Å². The summed E-state index contributed by atoms with van der Waals surface area (Å²) in [5.41, 5.74) is 3.24. The zero-order chi connectivity index (χ0) is 19.3. The Morgan fingerprint density at radius 1 is 1.12 bits per heavy atom. The van der Waals surface area contributed by atoms with Crippen molar-refractivity contribution in [2.24, 2.45) is 5.10 Å². The summed E-state index contributed by atoms with van der Waals surface area (Å²) >= 11 is 11.6. The van der Waals surface area contributed by atoms with Crippen molar-refractivity contribution in [3.05, 3.63) is 67.7 Å². The highest BCUT2D eigenvalue weighted by atomic mass is 35.5. The predicted molar refractivity (Wildman–Crippen MR) is 98.7 cm³/mol. The minimum Gasteiger partial charge on any atom is -0.318 e. The van der Waals surface area contributed by atoms with Gasteiger partial charge in [-0.2, -0.15) is 5.10 Å². The molecule has 0 aliphatic heterocycles. The number of hydrogen-bond acceptors (Lipinski definition) is 5. The Labute approximate surface area is 157 Å². The maximum absolute atomic E-state index is 11.8. The van der Waals surface area contributed by atoms with Gasteiger partial charge < -0.3 is 5.32 Å². The van der Waals surface area contributed by atoms with Gasteiger partial charge in [0, 0.05) is 22.3 Å².